The topological polar surface area (TPSA) is 26.3 Å². The summed E-state index contributed by atoms with van der Waals surface area (Å²) in [7, 11) is 0. The summed E-state index contributed by atoms with van der Waals surface area (Å²) in [5, 5.41) is 0. The van der Waals surface area contributed by atoms with E-state index in [1.165, 1.54) is 17.7 Å². The number of aryl methyl sites for hydroxylation is 1. The van der Waals surface area contributed by atoms with Crippen molar-refractivity contribution in [2.45, 2.75) is 33.1 Å². The molecule has 78 valence electrons. The van der Waals surface area contributed by atoms with Crippen LogP contribution in [0.15, 0.2) is 12.1 Å². The van der Waals surface area contributed by atoms with Crippen LogP contribution >= 0.6 is 11.3 Å². The van der Waals surface area contributed by atoms with Gasteiger partial charge in [0.15, 0.2) is 0 Å². The first-order valence-corrected chi connectivity index (χ1v) is 5.85. The van der Waals surface area contributed by atoms with Crippen LogP contribution in [0.5, 0.6) is 0 Å². The van der Waals surface area contributed by atoms with Gasteiger partial charge in [-0.05, 0) is 31.9 Å². The third kappa shape index (κ3) is 3.14. The van der Waals surface area contributed by atoms with E-state index in [9.17, 15) is 4.79 Å². The Balaban J connectivity index is 2.54. The maximum Gasteiger partial charge on any atom is 0.348 e. The predicted molar refractivity (Wildman–Crippen MR) is 58.9 cm³/mol. The van der Waals surface area contributed by atoms with Gasteiger partial charge in [0.2, 0.25) is 0 Å². The zero-order valence-corrected chi connectivity index (χ0v) is 9.52. The van der Waals surface area contributed by atoms with Crippen molar-refractivity contribution < 1.29 is 9.53 Å². The van der Waals surface area contributed by atoms with Crippen LogP contribution in [0.1, 0.15) is 41.2 Å². The van der Waals surface area contributed by atoms with Gasteiger partial charge in [-0.3, -0.25) is 0 Å². The lowest BCUT2D eigenvalue weighted by atomic mass is 10.2. The van der Waals surface area contributed by atoms with Gasteiger partial charge in [0.1, 0.15) is 4.88 Å². The van der Waals surface area contributed by atoms with E-state index in [-0.39, 0.29) is 5.97 Å². The molecule has 0 saturated heterocycles. The lowest BCUT2D eigenvalue weighted by molar-refractivity contribution is 0.0532. The zero-order chi connectivity index (χ0) is 10.4. The highest BCUT2D eigenvalue weighted by Crippen LogP contribution is 2.19. The molecular formula is C11H16O2S. The monoisotopic (exact) mass is 212 g/mol. The molecule has 0 saturated carbocycles. The van der Waals surface area contributed by atoms with E-state index in [4.69, 9.17) is 4.74 Å². The van der Waals surface area contributed by atoms with E-state index in [0.29, 0.717) is 6.61 Å². The standard InChI is InChI=1S/C11H16O2S/c1-3-5-6-9-7-8-10(14-9)11(12)13-4-2/h7-8H,3-6H2,1-2H3. The van der Waals surface area contributed by atoms with Gasteiger partial charge in [-0.2, -0.15) is 0 Å². The van der Waals surface area contributed by atoms with Crippen molar-refractivity contribution in [3.63, 3.8) is 0 Å². The molecule has 0 spiro atoms. The molecule has 1 aromatic heterocycles. The SMILES string of the molecule is CCCCc1ccc(C(=O)OCC)s1. The Hall–Kier alpha value is -0.830. The van der Waals surface area contributed by atoms with Crippen LogP contribution in [-0.4, -0.2) is 12.6 Å². The Kier molecular flexibility index (Phi) is 4.66. The van der Waals surface area contributed by atoms with Gasteiger partial charge in [0.05, 0.1) is 6.61 Å². The summed E-state index contributed by atoms with van der Waals surface area (Å²) in [5.41, 5.74) is 0. The zero-order valence-electron chi connectivity index (χ0n) is 8.71. The summed E-state index contributed by atoms with van der Waals surface area (Å²) in [5.74, 6) is -0.194. The van der Waals surface area contributed by atoms with Crippen LogP contribution in [0.2, 0.25) is 0 Å². The molecule has 0 aliphatic rings. The minimum absolute atomic E-state index is 0.194. The molecular weight excluding hydrogens is 196 g/mol. The molecule has 0 radical (unpaired) electrons. The van der Waals surface area contributed by atoms with Crippen molar-refractivity contribution in [1.82, 2.24) is 0 Å². The molecule has 1 heterocycles. The number of hydrogen-bond acceptors (Lipinski definition) is 3. The molecule has 1 rings (SSSR count). The minimum atomic E-state index is -0.194. The maximum absolute atomic E-state index is 11.3. The molecule has 0 fully saturated rings. The first-order chi connectivity index (χ1) is 6.77. The van der Waals surface area contributed by atoms with Gasteiger partial charge in [-0.15, -0.1) is 11.3 Å². The summed E-state index contributed by atoms with van der Waals surface area (Å²) in [6.45, 7) is 4.43. The van der Waals surface area contributed by atoms with Crippen molar-refractivity contribution in [3.05, 3.63) is 21.9 Å². The second kappa shape index (κ2) is 5.81. The number of carbonyl (C=O) groups is 1. The van der Waals surface area contributed by atoms with Crippen LogP contribution in [0.3, 0.4) is 0 Å². The molecule has 0 bridgehead atoms. The smallest absolute Gasteiger partial charge is 0.348 e. The van der Waals surface area contributed by atoms with E-state index in [1.54, 1.807) is 11.3 Å². The average Bonchev–Trinajstić information content (AvgIpc) is 2.63. The lowest BCUT2D eigenvalue weighted by Crippen LogP contribution is -2.01. The third-order valence-electron chi connectivity index (χ3n) is 1.91. The highest BCUT2D eigenvalue weighted by atomic mass is 32.1. The van der Waals surface area contributed by atoms with Gasteiger partial charge in [0, 0.05) is 4.88 Å². The van der Waals surface area contributed by atoms with Gasteiger partial charge in [0.25, 0.3) is 0 Å². The van der Waals surface area contributed by atoms with Crippen molar-refractivity contribution in [2.24, 2.45) is 0 Å². The summed E-state index contributed by atoms with van der Waals surface area (Å²) < 4.78 is 4.92. The summed E-state index contributed by atoms with van der Waals surface area (Å²) in [6, 6.07) is 3.88. The van der Waals surface area contributed by atoms with Crippen LogP contribution in [-0.2, 0) is 11.2 Å². The fourth-order valence-corrected chi connectivity index (χ4v) is 2.12. The van der Waals surface area contributed by atoms with Gasteiger partial charge >= 0.3 is 5.97 Å². The van der Waals surface area contributed by atoms with E-state index in [0.717, 1.165) is 11.3 Å². The van der Waals surface area contributed by atoms with Crippen molar-refractivity contribution >= 4 is 17.3 Å². The third-order valence-corrected chi connectivity index (χ3v) is 3.04. The Labute approximate surface area is 88.9 Å². The van der Waals surface area contributed by atoms with E-state index >= 15 is 0 Å². The molecule has 0 aliphatic carbocycles. The van der Waals surface area contributed by atoms with Crippen LogP contribution in [0.25, 0.3) is 0 Å². The molecule has 3 heteroatoms. The largest absolute Gasteiger partial charge is 0.462 e. The van der Waals surface area contributed by atoms with E-state index in [1.807, 2.05) is 19.1 Å². The first kappa shape index (κ1) is 11.2. The summed E-state index contributed by atoms with van der Waals surface area (Å²) >= 11 is 1.55. The highest BCUT2D eigenvalue weighted by molar-refractivity contribution is 7.13. The molecule has 0 unspecified atom stereocenters. The van der Waals surface area contributed by atoms with Gasteiger partial charge in [-0.1, -0.05) is 13.3 Å². The Morgan fingerprint density at radius 1 is 1.43 bits per heavy atom. The molecule has 14 heavy (non-hydrogen) atoms. The average molecular weight is 212 g/mol. The quantitative estimate of drug-likeness (QED) is 0.700. The second-order valence-corrected chi connectivity index (χ2v) is 4.26. The van der Waals surface area contributed by atoms with Crippen LogP contribution < -0.4 is 0 Å². The summed E-state index contributed by atoms with van der Waals surface area (Å²) in [4.78, 5) is 13.3. The van der Waals surface area contributed by atoms with Crippen molar-refractivity contribution in [3.8, 4) is 0 Å². The predicted octanol–water partition coefficient (Wildman–Crippen LogP) is 3.27. The van der Waals surface area contributed by atoms with E-state index in [2.05, 4.69) is 6.92 Å². The lowest BCUT2D eigenvalue weighted by Gasteiger charge is -1.96. The number of esters is 1. The molecule has 2 nitrogen and oxygen atoms in total. The normalized spacial score (nSPS) is 10.1. The Morgan fingerprint density at radius 2 is 2.21 bits per heavy atom. The second-order valence-electron chi connectivity index (χ2n) is 3.09. The fraction of sp³-hybridized carbons (Fsp3) is 0.545. The molecule has 1 aromatic rings. The molecule has 0 aromatic carbocycles. The highest BCUT2D eigenvalue weighted by Gasteiger charge is 2.09. The Morgan fingerprint density at radius 3 is 2.86 bits per heavy atom. The minimum Gasteiger partial charge on any atom is -0.462 e. The van der Waals surface area contributed by atoms with Crippen molar-refractivity contribution in [1.29, 1.82) is 0 Å². The Bertz CT molecular complexity index is 291. The van der Waals surface area contributed by atoms with Gasteiger partial charge < -0.3 is 4.74 Å². The maximum atomic E-state index is 11.3. The number of ether oxygens (including phenoxy) is 1. The van der Waals surface area contributed by atoms with E-state index < -0.39 is 0 Å². The number of carbonyl (C=O) groups excluding carboxylic acids is 1. The van der Waals surface area contributed by atoms with Crippen molar-refractivity contribution in [2.75, 3.05) is 6.61 Å². The summed E-state index contributed by atoms with van der Waals surface area (Å²) in [6.07, 6.45) is 3.44. The van der Waals surface area contributed by atoms with Crippen LogP contribution in [0.4, 0.5) is 0 Å². The van der Waals surface area contributed by atoms with Gasteiger partial charge in [-0.25, -0.2) is 4.79 Å². The molecule has 0 N–H and O–H groups in total. The molecule has 0 amide bonds. The number of unbranched alkanes of at least 4 members (excludes halogenated alkanes) is 1. The van der Waals surface area contributed by atoms with Crippen LogP contribution in [0, 0.1) is 0 Å². The fourth-order valence-electron chi connectivity index (χ4n) is 1.18. The number of hydrogen-bond donors (Lipinski definition) is 0. The number of rotatable bonds is 5. The molecule has 0 aliphatic heterocycles. The molecule has 0 atom stereocenters. The number of thiophene rings is 1. The first-order valence-electron chi connectivity index (χ1n) is 5.03.